The van der Waals surface area contributed by atoms with E-state index in [0.717, 1.165) is 16.9 Å². The molecule has 6 nitrogen and oxygen atoms in total. The van der Waals surface area contributed by atoms with Crippen LogP contribution in [0.15, 0.2) is 18.2 Å². The smallest absolute Gasteiger partial charge is 0.335 e. The molecule has 0 saturated heterocycles. The molecule has 0 aliphatic carbocycles. The topological polar surface area (TPSA) is 92.2 Å². The van der Waals surface area contributed by atoms with E-state index in [4.69, 9.17) is 16.7 Å². The van der Waals surface area contributed by atoms with E-state index in [2.05, 4.69) is 15.5 Å². The Morgan fingerprint density at radius 3 is 2.68 bits per heavy atom. The zero-order chi connectivity index (χ0) is 14.0. The normalized spacial score (nSPS) is 10.2. The number of aromatic nitrogens is 2. The number of aryl methyl sites for hydroxylation is 1. The monoisotopic (exact) mass is 297 g/mol. The average Bonchev–Trinajstić information content (AvgIpc) is 2.78. The van der Waals surface area contributed by atoms with Crippen LogP contribution in [0, 0.1) is 6.92 Å². The van der Waals surface area contributed by atoms with Crippen molar-refractivity contribution in [3.8, 4) is 0 Å². The van der Waals surface area contributed by atoms with Crippen molar-refractivity contribution in [1.82, 2.24) is 10.2 Å². The molecule has 1 heterocycles. The Morgan fingerprint density at radius 2 is 2.11 bits per heavy atom. The summed E-state index contributed by atoms with van der Waals surface area (Å²) in [6.07, 6.45) is 0. The summed E-state index contributed by atoms with van der Waals surface area (Å²) in [4.78, 5) is 22.7. The van der Waals surface area contributed by atoms with Gasteiger partial charge in [0.05, 0.1) is 5.56 Å². The molecule has 1 amide bonds. The molecule has 1 aromatic heterocycles. The van der Waals surface area contributed by atoms with E-state index < -0.39 is 11.9 Å². The summed E-state index contributed by atoms with van der Waals surface area (Å²) in [5.41, 5.74) is 1.25. The highest BCUT2D eigenvalue weighted by atomic mass is 35.5. The third-order valence-electron chi connectivity index (χ3n) is 2.33. The summed E-state index contributed by atoms with van der Waals surface area (Å²) >= 11 is 6.54. The van der Waals surface area contributed by atoms with Gasteiger partial charge in [-0.05, 0) is 36.2 Å². The zero-order valence-electron chi connectivity index (χ0n) is 9.68. The average molecular weight is 298 g/mol. The highest BCUT2D eigenvalue weighted by Crippen LogP contribution is 2.20. The Morgan fingerprint density at radius 1 is 1.37 bits per heavy atom. The third-order valence-corrected chi connectivity index (χ3v) is 3.34. The van der Waals surface area contributed by atoms with E-state index in [0.29, 0.717) is 5.69 Å². The van der Waals surface area contributed by atoms with Crippen LogP contribution in [-0.4, -0.2) is 27.2 Å². The lowest BCUT2D eigenvalue weighted by Crippen LogP contribution is -2.13. The molecule has 0 spiro atoms. The summed E-state index contributed by atoms with van der Waals surface area (Å²) in [5.74, 6) is -1.54. The van der Waals surface area contributed by atoms with Crippen molar-refractivity contribution in [1.29, 1.82) is 0 Å². The van der Waals surface area contributed by atoms with E-state index in [1.807, 2.05) is 0 Å². The van der Waals surface area contributed by atoms with Crippen LogP contribution in [0.2, 0.25) is 4.47 Å². The van der Waals surface area contributed by atoms with Gasteiger partial charge in [-0.2, -0.15) is 0 Å². The van der Waals surface area contributed by atoms with Crippen LogP contribution < -0.4 is 5.32 Å². The van der Waals surface area contributed by atoms with Crippen LogP contribution in [0.4, 0.5) is 5.69 Å². The number of hydrogen-bond acceptors (Lipinski definition) is 5. The van der Waals surface area contributed by atoms with Gasteiger partial charge in [0.1, 0.15) is 0 Å². The number of carbonyl (C=O) groups is 2. The van der Waals surface area contributed by atoms with E-state index in [1.54, 1.807) is 13.0 Å². The molecule has 19 heavy (non-hydrogen) atoms. The molecule has 1 aromatic carbocycles. The second-order valence-corrected chi connectivity index (χ2v) is 5.21. The maximum Gasteiger partial charge on any atom is 0.335 e. The maximum atomic E-state index is 11.9. The third kappa shape index (κ3) is 3.07. The first-order valence-corrected chi connectivity index (χ1v) is 6.31. The minimum atomic E-state index is -1.06. The molecule has 2 rings (SSSR count). The number of carboxylic acid groups (broad SMARTS) is 1. The molecule has 98 valence electrons. The quantitative estimate of drug-likeness (QED) is 0.908. The van der Waals surface area contributed by atoms with Gasteiger partial charge in [-0.1, -0.05) is 17.4 Å². The zero-order valence-corrected chi connectivity index (χ0v) is 11.2. The molecule has 0 radical (unpaired) electrons. The number of carbonyl (C=O) groups excluding carboxylic acids is 1. The van der Waals surface area contributed by atoms with Crippen molar-refractivity contribution >= 4 is 40.5 Å². The van der Waals surface area contributed by atoms with Crippen molar-refractivity contribution in [3.63, 3.8) is 0 Å². The highest BCUT2D eigenvalue weighted by molar-refractivity contribution is 7.17. The Hall–Kier alpha value is -1.99. The molecular formula is C11H8ClN3O3S. The number of carboxylic acids is 1. The number of halogens is 1. The van der Waals surface area contributed by atoms with Gasteiger partial charge in [0.2, 0.25) is 9.47 Å². The van der Waals surface area contributed by atoms with Gasteiger partial charge in [0.25, 0.3) is 5.91 Å². The first kappa shape index (κ1) is 13.4. The molecule has 2 aromatic rings. The molecule has 0 aliphatic heterocycles. The molecule has 8 heteroatoms. The largest absolute Gasteiger partial charge is 0.478 e. The number of amides is 1. The van der Waals surface area contributed by atoms with Crippen molar-refractivity contribution < 1.29 is 14.7 Å². The Labute approximate surface area is 117 Å². The van der Waals surface area contributed by atoms with Gasteiger partial charge in [-0.15, -0.1) is 10.2 Å². The van der Waals surface area contributed by atoms with Gasteiger partial charge < -0.3 is 10.4 Å². The van der Waals surface area contributed by atoms with Gasteiger partial charge in [-0.25, -0.2) is 4.79 Å². The van der Waals surface area contributed by atoms with Crippen molar-refractivity contribution in [2.24, 2.45) is 0 Å². The van der Waals surface area contributed by atoms with Crippen LogP contribution in [0.25, 0.3) is 0 Å². The van der Waals surface area contributed by atoms with Gasteiger partial charge in [0, 0.05) is 5.69 Å². The number of anilines is 1. The van der Waals surface area contributed by atoms with E-state index in [1.165, 1.54) is 12.1 Å². The summed E-state index contributed by atoms with van der Waals surface area (Å²) in [5, 5.41) is 18.7. The molecule has 0 fully saturated rings. The predicted octanol–water partition coefficient (Wildman–Crippen LogP) is 2.45. The molecule has 0 atom stereocenters. The van der Waals surface area contributed by atoms with E-state index in [9.17, 15) is 9.59 Å². The number of rotatable bonds is 3. The summed E-state index contributed by atoms with van der Waals surface area (Å²) in [7, 11) is 0. The van der Waals surface area contributed by atoms with Gasteiger partial charge in [-0.3, -0.25) is 4.79 Å². The first-order valence-electron chi connectivity index (χ1n) is 5.11. The Kier molecular flexibility index (Phi) is 3.77. The van der Waals surface area contributed by atoms with Crippen LogP contribution in [0.3, 0.4) is 0 Å². The van der Waals surface area contributed by atoms with Crippen molar-refractivity contribution in [3.05, 3.63) is 38.8 Å². The number of nitrogens with zero attached hydrogens (tertiary/aromatic N) is 2. The Balaban J connectivity index is 2.25. The van der Waals surface area contributed by atoms with Crippen LogP contribution in [-0.2, 0) is 0 Å². The molecule has 0 bridgehead atoms. The maximum absolute atomic E-state index is 11.9. The first-order chi connectivity index (χ1) is 8.97. The number of benzene rings is 1. The number of aromatic carboxylic acids is 1. The van der Waals surface area contributed by atoms with E-state index >= 15 is 0 Å². The van der Waals surface area contributed by atoms with Crippen LogP contribution in [0.1, 0.15) is 25.7 Å². The fourth-order valence-corrected chi connectivity index (χ4v) is 2.09. The van der Waals surface area contributed by atoms with Gasteiger partial charge >= 0.3 is 5.97 Å². The minimum absolute atomic E-state index is 0.0937. The SMILES string of the molecule is Cc1ccc(C(=O)O)cc1NC(=O)c1nnc(Cl)s1. The van der Waals surface area contributed by atoms with Crippen LogP contribution in [0.5, 0.6) is 0 Å². The molecule has 0 aliphatic rings. The predicted molar refractivity (Wildman–Crippen MR) is 71.0 cm³/mol. The lowest BCUT2D eigenvalue weighted by atomic mass is 10.1. The van der Waals surface area contributed by atoms with Crippen molar-refractivity contribution in [2.45, 2.75) is 6.92 Å². The fourth-order valence-electron chi connectivity index (χ4n) is 1.36. The fraction of sp³-hybridized carbons (Fsp3) is 0.0909. The number of hydrogen-bond donors (Lipinski definition) is 2. The lowest BCUT2D eigenvalue weighted by molar-refractivity contribution is 0.0696. The Bertz CT molecular complexity index is 656. The lowest BCUT2D eigenvalue weighted by Gasteiger charge is -2.07. The summed E-state index contributed by atoms with van der Waals surface area (Å²) in [6, 6.07) is 4.47. The molecule has 0 saturated carbocycles. The second-order valence-electron chi connectivity index (χ2n) is 3.65. The highest BCUT2D eigenvalue weighted by Gasteiger charge is 2.14. The van der Waals surface area contributed by atoms with E-state index in [-0.39, 0.29) is 15.0 Å². The van der Waals surface area contributed by atoms with Crippen LogP contribution >= 0.6 is 22.9 Å². The second kappa shape index (κ2) is 5.33. The molecule has 2 N–H and O–H groups in total. The summed E-state index contributed by atoms with van der Waals surface area (Å²) < 4.78 is 0.168. The minimum Gasteiger partial charge on any atom is -0.478 e. The van der Waals surface area contributed by atoms with Crippen molar-refractivity contribution in [2.75, 3.05) is 5.32 Å². The molecule has 0 unspecified atom stereocenters. The summed E-state index contributed by atoms with van der Waals surface area (Å²) in [6.45, 7) is 1.76. The number of nitrogens with one attached hydrogen (secondary N) is 1. The molecular weight excluding hydrogens is 290 g/mol. The van der Waals surface area contributed by atoms with Gasteiger partial charge in [0.15, 0.2) is 0 Å². The standard InChI is InChI=1S/C11H8ClN3O3S/c1-5-2-3-6(10(17)18)4-7(5)13-8(16)9-14-15-11(12)19-9/h2-4H,1H3,(H,13,16)(H,17,18).